The molecule has 0 aliphatic heterocycles. The van der Waals surface area contributed by atoms with Gasteiger partial charge in [0.05, 0.1) is 25.2 Å². The summed E-state index contributed by atoms with van der Waals surface area (Å²) in [6, 6.07) is -0.719. The van der Waals surface area contributed by atoms with E-state index < -0.39 is 18.2 Å². The summed E-state index contributed by atoms with van der Waals surface area (Å²) >= 11 is 0. The number of allylic oxidation sites excluding steroid dienone is 12. The maximum atomic E-state index is 13.3. The van der Waals surface area contributed by atoms with Crippen molar-refractivity contribution in [3.63, 3.8) is 0 Å². The number of aliphatic hydroxyl groups is 2. The molecule has 0 aromatic heterocycles. The molecular weight excluding hydrogens is 887 g/mol. The normalized spacial score (nSPS) is 13.6. The second-order valence-corrected chi connectivity index (χ2v) is 21.1. The van der Waals surface area contributed by atoms with Gasteiger partial charge in [0.1, 0.15) is 6.10 Å². The summed E-state index contributed by atoms with van der Waals surface area (Å²) in [6.45, 7) is 6.40. The van der Waals surface area contributed by atoms with Crippen molar-refractivity contribution in [2.75, 3.05) is 6.61 Å². The van der Waals surface area contributed by atoms with Crippen molar-refractivity contribution in [1.82, 2.24) is 5.32 Å². The highest BCUT2D eigenvalue weighted by Crippen LogP contribution is 2.19. The molecule has 0 spiro atoms. The summed E-state index contributed by atoms with van der Waals surface area (Å²) < 4.78 is 5.94. The third-order valence-corrected chi connectivity index (χ3v) is 14.1. The molecule has 0 saturated heterocycles. The SMILES string of the molecule is CC/C=C\C/C=C\C/C=C\C/C=C\C/C=C\C/C=C\CCC(=O)OC(CCCCCCCCCCCCCCCCCCC)CC(=O)NC(CO)C(O)CCCCCCCCCCCCCCCCCCC. The molecule has 0 aromatic carbocycles. The van der Waals surface area contributed by atoms with E-state index in [-0.39, 0.29) is 31.3 Å². The standard InChI is InChI=1S/C66H119NO5/c1-4-7-10-13-16-19-22-25-28-31-32-35-38-41-44-47-50-53-56-59-66(71)72-62(57-54-51-48-45-42-39-36-33-29-26-23-20-17-14-11-8-5-2)60-65(70)67-63(61-68)64(69)58-55-52-49-46-43-40-37-34-30-27-24-21-18-15-12-9-6-3/h7,10,16,19,25,28,32,35,41,44,50,53,62-64,68-69H,4-6,8-9,11-15,17-18,20-24,26-27,29-31,33-34,36-40,42-43,45-49,51-52,54-61H2,1-3H3,(H,67,70)/b10-7-,19-16-,28-25-,35-32-,44-41-,53-50-. The Morgan fingerprint density at radius 3 is 1.06 bits per heavy atom. The second-order valence-electron chi connectivity index (χ2n) is 21.1. The van der Waals surface area contributed by atoms with Gasteiger partial charge >= 0.3 is 5.97 Å². The van der Waals surface area contributed by atoms with Crippen LogP contribution in [0, 0.1) is 0 Å². The molecular formula is C66H119NO5. The van der Waals surface area contributed by atoms with Crippen molar-refractivity contribution < 1.29 is 24.5 Å². The van der Waals surface area contributed by atoms with Crippen molar-refractivity contribution in [2.24, 2.45) is 0 Å². The molecule has 6 heteroatoms. The fourth-order valence-electron chi connectivity index (χ4n) is 9.40. The number of nitrogens with one attached hydrogen (secondary N) is 1. The van der Waals surface area contributed by atoms with E-state index in [1.54, 1.807) is 0 Å². The predicted octanol–water partition coefficient (Wildman–Crippen LogP) is 19.7. The molecule has 72 heavy (non-hydrogen) atoms. The van der Waals surface area contributed by atoms with Crippen LogP contribution in [0.1, 0.15) is 310 Å². The van der Waals surface area contributed by atoms with Gasteiger partial charge in [-0.15, -0.1) is 0 Å². The lowest BCUT2D eigenvalue weighted by Crippen LogP contribution is -2.46. The van der Waals surface area contributed by atoms with Crippen molar-refractivity contribution >= 4 is 11.9 Å². The van der Waals surface area contributed by atoms with Gasteiger partial charge < -0.3 is 20.3 Å². The molecule has 1 amide bonds. The topological polar surface area (TPSA) is 95.9 Å². The van der Waals surface area contributed by atoms with Crippen LogP contribution in [0.5, 0.6) is 0 Å². The lowest BCUT2D eigenvalue weighted by atomic mass is 10.0. The largest absolute Gasteiger partial charge is 0.462 e. The van der Waals surface area contributed by atoms with Gasteiger partial charge in [-0.25, -0.2) is 0 Å². The molecule has 3 atom stereocenters. The lowest BCUT2D eigenvalue weighted by molar-refractivity contribution is -0.150. The van der Waals surface area contributed by atoms with Gasteiger partial charge in [0.2, 0.25) is 5.91 Å². The molecule has 0 rings (SSSR count). The smallest absolute Gasteiger partial charge is 0.306 e. The zero-order chi connectivity index (χ0) is 52.3. The highest BCUT2D eigenvalue weighted by Gasteiger charge is 2.24. The molecule has 3 N–H and O–H groups in total. The van der Waals surface area contributed by atoms with Gasteiger partial charge in [-0.05, 0) is 64.2 Å². The van der Waals surface area contributed by atoms with Crippen LogP contribution in [-0.2, 0) is 14.3 Å². The summed E-state index contributed by atoms with van der Waals surface area (Å²) in [5.41, 5.74) is 0. The molecule has 0 aliphatic carbocycles. The number of carbonyl (C=O) groups excluding carboxylic acids is 2. The van der Waals surface area contributed by atoms with E-state index in [4.69, 9.17) is 4.74 Å². The maximum absolute atomic E-state index is 13.3. The number of esters is 1. The van der Waals surface area contributed by atoms with Crippen LogP contribution < -0.4 is 5.32 Å². The van der Waals surface area contributed by atoms with Crippen LogP contribution in [0.25, 0.3) is 0 Å². The number of hydrogen-bond acceptors (Lipinski definition) is 5. The van der Waals surface area contributed by atoms with Crippen LogP contribution in [0.4, 0.5) is 0 Å². The Hall–Kier alpha value is -2.70. The summed E-state index contributed by atoms with van der Waals surface area (Å²) in [5, 5.41) is 24.0. The number of ether oxygens (including phenoxy) is 1. The van der Waals surface area contributed by atoms with Crippen molar-refractivity contribution in [1.29, 1.82) is 0 Å². The molecule has 0 saturated carbocycles. The van der Waals surface area contributed by atoms with Crippen molar-refractivity contribution in [3.05, 3.63) is 72.9 Å². The first kappa shape index (κ1) is 69.3. The van der Waals surface area contributed by atoms with Crippen LogP contribution >= 0.6 is 0 Å². The second kappa shape index (κ2) is 59.2. The number of amides is 1. The van der Waals surface area contributed by atoms with Crippen LogP contribution in [0.3, 0.4) is 0 Å². The highest BCUT2D eigenvalue weighted by molar-refractivity contribution is 5.77. The van der Waals surface area contributed by atoms with Gasteiger partial charge in [0.25, 0.3) is 0 Å². The van der Waals surface area contributed by atoms with E-state index in [0.29, 0.717) is 19.3 Å². The van der Waals surface area contributed by atoms with Gasteiger partial charge in [0, 0.05) is 6.42 Å². The average molecular weight is 1010 g/mol. The highest BCUT2D eigenvalue weighted by atomic mass is 16.5. The van der Waals surface area contributed by atoms with E-state index >= 15 is 0 Å². The Labute approximate surface area is 447 Å². The van der Waals surface area contributed by atoms with E-state index in [9.17, 15) is 19.8 Å². The fourth-order valence-corrected chi connectivity index (χ4v) is 9.40. The molecule has 3 unspecified atom stereocenters. The summed E-state index contributed by atoms with van der Waals surface area (Å²) in [6.07, 6.45) is 77.0. The monoisotopic (exact) mass is 1010 g/mol. The Morgan fingerprint density at radius 1 is 0.417 bits per heavy atom. The molecule has 6 nitrogen and oxygen atoms in total. The zero-order valence-electron chi connectivity index (χ0n) is 47.8. The van der Waals surface area contributed by atoms with Crippen LogP contribution in [0.2, 0.25) is 0 Å². The minimum Gasteiger partial charge on any atom is -0.462 e. The molecule has 0 heterocycles. The lowest BCUT2D eigenvalue weighted by Gasteiger charge is -2.24. The third-order valence-electron chi connectivity index (χ3n) is 14.1. The van der Waals surface area contributed by atoms with E-state index in [1.165, 1.54) is 180 Å². The van der Waals surface area contributed by atoms with Gasteiger partial charge in [-0.3, -0.25) is 9.59 Å². The predicted molar refractivity (Wildman–Crippen MR) is 315 cm³/mol. The first-order valence-corrected chi connectivity index (χ1v) is 31.2. The fraction of sp³-hybridized carbons (Fsp3) is 0.788. The van der Waals surface area contributed by atoms with Gasteiger partial charge in [-0.1, -0.05) is 306 Å². The molecule has 0 aromatic rings. The first-order valence-electron chi connectivity index (χ1n) is 31.2. The number of aliphatic hydroxyl groups excluding tert-OH is 2. The van der Waals surface area contributed by atoms with Crippen molar-refractivity contribution in [3.8, 4) is 0 Å². The maximum Gasteiger partial charge on any atom is 0.306 e. The van der Waals surface area contributed by atoms with Gasteiger partial charge in [0.15, 0.2) is 0 Å². The number of unbranched alkanes of at least 4 members (excludes halogenated alkanes) is 32. The van der Waals surface area contributed by atoms with E-state index in [0.717, 1.165) is 77.0 Å². The molecule has 0 fully saturated rings. The van der Waals surface area contributed by atoms with Crippen LogP contribution in [-0.4, -0.2) is 46.9 Å². The molecule has 0 aliphatic rings. The summed E-state index contributed by atoms with van der Waals surface area (Å²) in [5.74, 6) is -0.561. The van der Waals surface area contributed by atoms with Gasteiger partial charge in [-0.2, -0.15) is 0 Å². The van der Waals surface area contributed by atoms with Crippen LogP contribution in [0.15, 0.2) is 72.9 Å². The quantitative estimate of drug-likeness (QED) is 0.0320. The Kier molecular flexibility index (Phi) is 57.0. The first-order chi connectivity index (χ1) is 35.5. The molecule has 0 bridgehead atoms. The summed E-state index contributed by atoms with van der Waals surface area (Å²) in [4.78, 5) is 26.3. The Bertz CT molecular complexity index is 1310. The average Bonchev–Trinajstić information content (AvgIpc) is 3.37. The Morgan fingerprint density at radius 2 is 0.722 bits per heavy atom. The third kappa shape index (κ3) is 53.6. The number of hydrogen-bond donors (Lipinski definition) is 3. The number of carbonyl (C=O) groups is 2. The van der Waals surface area contributed by atoms with E-state index in [2.05, 4.69) is 92.9 Å². The molecule has 418 valence electrons. The minimum atomic E-state index is -0.803. The van der Waals surface area contributed by atoms with E-state index in [1.807, 2.05) is 6.08 Å². The van der Waals surface area contributed by atoms with Crippen molar-refractivity contribution in [2.45, 2.75) is 328 Å². The zero-order valence-corrected chi connectivity index (χ0v) is 47.8. The Balaban J connectivity index is 4.63. The summed E-state index contributed by atoms with van der Waals surface area (Å²) in [7, 11) is 0. The number of rotatable bonds is 56. The minimum absolute atomic E-state index is 0.0485. The molecule has 0 radical (unpaired) electrons.